The molecule has 1 spiro atoms. The third kappa shape index (κ3) is 7.45. The number of hydrogen-bond acceptors (Lipinski definition) is 8. The number of hydrogen-bond donors (Lipinski definition) is 3. The molecular formula is C34H43Cl2N7O3. The van der Waals surface area contributed by atoms with E-state index in [2.05, 4.69) is 47.4 Å². The van der Waals surface area contributed by atoms with E-state index >= 15 is 0 Å². The molecule has 3 aliphatic rings. The second kappa shape index (κ2) is 13.4. The molecule has 2 heterocycles. The fourth-order valence-electron chi connectivity index (χ4n) is 6.68. The van der Waals surface area contributed by atoms with Gasteiger partial charge < -0.3 is 15.0 Å². The number of hydrazine groups is 1. The van der Waals surface area contributed by atoms with Gasteiger partial charge in [0.25, 0.3) is 11.8 Å². The van der Waals surface area contributed by atoms with Crippen LogP contribution in [0.5, 0.6) is 0 Å². The highest BCUT2D eigenvalue weighted by Gasteiger charge is 2.53. The first-order valence-corrected chi connectivity index (χ1v) is 16.6. The number of carbonyl (C=O) groups is 3. The van der Waals surface area contributed by atoms with Crippen molar-refractivity contribution in [2.45, 2.75) is 91.0 Å². The van der Waals surface area contributed by atoms with Crippen molar-refractivity contribution in [3.63, 3.8) is 0 Å². The molecule has 0 radical (unpaired) electrons. The van der Waals surface area contributed by atoms with E-state index in [4.69, 9.17) is 28.2 Å². The van der Waals surface area contributed by atoms with Gasteiger partial charge in [0, 0.05) is 26.6 Å². The van der Waals surface area contributed by atoms with Gasteiger partial charge in [-0.3, -0.25) is 14.6 Å². The quantitative estimate of drug-likeness (QED) is 0.239. The van der Waals surface area contributed by atoms with Crippen LogP contribution in [0.3, 0.4) is 0 Å². The minimum Gasteiger partial charge on any atom is -0.348 e. The Kier molecular flexibility index (Phi) is 9.92. The van der Waals surface area contributed by atoms with Gasteiger partial charge in [0.15, 0.2) is 6.17 Å². The molecule has 1 fully saturated rings. The third-order valence-corrected chi connectivity index (χ3v) is 9.88. The van der Waals surface area contributed by atoms with E-state index in [9.17, 15) is 14.4 Å². The van der Waals surface area contributed by atoms with Gasteiger partial charge in [-0.05, 0) is 85.8 Å². The van der Waals surface area contributed by atoms with Crippen LogP contribution in [0.15, 0.2) is 57.8 Å². The van der Waals surface area contributed by atoms with Crippen molar-refractivity contribution in [2.24, 2.45) is 32.1 Å². The summed E-state index contributed by atoms with van der Waals surface area (Å²) in [6.07, 6.45) is 5.06. The Bertz CT molecular complexity index is 1510. The first-order chi connectivity index (χ1) is 21.7. The maximum atomic E-state index is 14.6. The molecule has 2 aliphatic heterocycles. The maximum Gasteiger partial charge on any atom is 0.275 e. The Balaban J connectivity index is 1.50. The second-order valence-corrected chi connectivity index (χ2v) is 15.3. The number of benzene rings is 2. The van der Waals surface area contributed by atoms with Gasteiger partial charge in [-0.2, -0.15) is 5.43 Å². The summed E-state index contributed by atoms with van der Waals surface area (Å²) < 4.78 is 0. The largest absolute Gasteiger partial charge is 0.348 e. The van der Waals surface area contributed by atoms with Gasteiger partial charge in [0.2, 0.25) is 0 Å². The number of aliphatic imine (C=N–C) groups is 1. The molecule has 1 saturated carbocycles. The van der Waals surface area contributed by atoms with Gasteiger partial charge in [0.05, 0.1) is 12.6 Å². The Labute approximate surface area is 280 Å². The van der Waals surface area contributed by atoms with Crippen molar-refractivity contribution >= 4 is 47.0 Å². The fraction of sp³-hybridized carbons (Fsp3) is 0.529. The second-order valence-electron chi connectivity index (χ2n) is 14.4. The summed E-state index contributed by atoms with van der Waals surface area (Å²) in [5.74, 6) is -0.205. The Morgan fingerprint density at radius 2 is 1.74 bits per heavy atom. The van der Waals surface area contributed by atoms with Gasteiger partial charge in [-0.1, -0.05) is 75.2 Å². The highest BCUT2D eigenvalue weighted by Crippen LogP contribution is 2.50. The standard InChI is InChI=1S/C34H43Cl2N7O3/c1-32(2,3)13-12-27(21-6-8-22(9-7-21)30(45)37-19-28-39-41-42-40-28)43-31(46)29(23-16-25(35)18-26(36)17-23)38-34(43)14-10-24(11-15-34)33(4,5)20-44/h6-9,16-18,20,24,27-28H,10-15,19H2,1-5H3,(H,37,45)(H,39,42)(H,40,41). The van der Waals surface area contributed by atoms with Gasteiger partial charge in [-0.25, -0.2) is 5.53 Å². The average molecular weight is 669 g/mol. The van der Waals surface area contributed by atoms with Crippen LogP contribution >= 0.6 is 23.2 Å². The average Bonchev–Trinajstić information content (AvgIpc) is 3.62. The molecule has 246 valence electrons. The van der Waals surface area contributed by atoms with Crippen molar-refractivity contribution in [3.05, 3.63) is 69.2 Å². The number of rotatable bonds is 10. The predicted molar refractivity (Wildman–Crippen MR) is 179 cm³/mol. The third-order valence-electron chi connectivity index (χ3n) is 9.44. The van der Waals surface area contributed by atoms with Crippen LogP contribution in [0, 0.1) is 16.7 Å². The number of amides is 2. The van der Waals surface area contributed by atoms with Crippen LogP contribution in [0.1, 0.15) is 101 Å². The summed E-state index contributed by atoms with van der Waals surface area (Å²) in [5, 5.41) is 11.3. The summed E-state index contributed by atoms with van der Waals surface area (Å²) >= 11 is 12.8. The lowest BCUT2D eigenvalue weighted by molar-refractivity contribution is -0.135. The first-order valence-electron chi connectivity index (χ1n) is 15.9. The van der Waals surface area contributed by atoms with E-state index in [1.54, 1.807) is 30.3 Å². The zero-order chi connectivity index (χ0) is 33.3. The topological polar surface area (TPSA) is 128 Å². The minimum absolute atomic E-state index is 0.0182. The zero-order valence-electron chi connectivity index (χ0n) is 27.1. The van der Waals surface area contributed by atoms with E-state index in [-0.39, 0.29) is 41.9 Å². The molecule has 0 bridgehead atoms. The molecule has 3 N–H and O–H groups in total. The van der Waals surface area contributed by atoms with Crippen LogP contribution < -0.4 is 16.3 Å². The Morgan fingerprint density at radius 1 is 1.09 bits per heavy atom. The molecule has 46 heavy (non-hydrogen) atoms. The van der Waals surface area contributed by atoms with Crippen molar-refractivity contribution in [2.75, 3.05) is 6.54 Å². The summed E-state index contributed by atoms with van der Waals surface area (Å²) in [6.45, 7) is 10.8. The molecule has 5 rings (SSSR count). The number of carbonyl (C=O) groups excluding carboxylic acids is 3. The van der Waals surface area contributed by atoms with Gasteiger partial charge in [-0.15, -0.1) is 5.11 Å². The lowest BCUT2D eigenvalue weighted by Crippen LogP contribution is -2.51. The highest BCUT2D eigenvalue weighted by atomic mass is 35.5. The zero-order valence-corrected chi connectivity index (χ0v) is 28.6. The summed E-state index contributed by atoms with van der Waals surface area (Å²) in [4.78, 5) is 46.7. The molecule has 2 aromatic rings. The first kappa shape index (κ1) is 34.0. The van der Waals surface area contributed by atoms with E-state index in [0.29, 0.717) is 46.1 Å². The molecule has 12 heteroatoms. The van der Waals surface area contributed by atoms with Crippen molar-refractivity contribution < 1.29 is 14.4 Å². The van der Waals surface area contributed by atoms with E-state index < -0.39 is 11.1 Å². The molecular weight excluding hydrogens is 625 g/mol. The van der Waals surface area contributed by atoms with Crippen LogP contribution in [-0.2, 0) is 9.59 Å². The van der Waals surface area contributed by atoms with Crippen LogP contribution in [-0.4, -0.2) is 47.1 Å². The van der Waals surface area contributed by atoms with E-state index in [1.807, 2.05) is 30.9 Å². The smallest absolute Gasteiger partial charge is 0.275 e. The minimum atomic E-state index is -0.786. The van der Waals surface area contributed by atoms with Crippen LogP contribution in [0.2, 0.25) is 10.0 Å². The lowest BCUT2D eigenvalue weighted by atomic mass is 9.69. The number of nitrogens with zero attached hydrogens (tertiary/aromatic N) is 4. The SMILES string of the molecule is CC(C)(C)CCC(c1ccc(C(=O)NCC2N=NNN2)cc1)N1C(=O)C(c2cc(Cl)cc(Cl)c2)=NC12CCC(C(C)(C)C=O)CC2. The van der Waals surface area contributed by atoms with Crippen molar-refractivity contribution in [1.82, 2.24) is 21.2 Å². The number of aldehydes is 1. The number of nitrogens with one attached hydrogen (secondary N) is 3. The fourth-order valence-corrected chi connectivity index (χ4v) is 7.21. The maximum absolute atomic E-state index is 14.6. The molecule has 2 unspecified atom stereocenters. The van der Waals surface area contributed by atoms with E-state index in [1.165, 1.54) is 0 Å². The summed E-state index contributed by atoms with van der Waals surface area (Å²) in [7, 11) is 0. The van der Waals surface area contributed by atoms with Crippen molar-refractivity contribution in [3.8, 4) is 0 Å². The molecule has 2 amide bonds. The Morgan fingerprint density at radius 3 is 2.30 bits per heavy atom. The molecule has 10 nitrogen and oxygen atoms in total. The van der Waals surface area contributed by atoms with Crippen LogP contribution in [0.4, 0.5) is 0 Å². The highest BCUT2D eigenvalue weighted by molar-refractivity contribution is 6.47. The Hall–Kier alpha value is -3.34. The summed E-state index contributed by atoms with van der Waals surface area (Å²) in [5.41, 5.74) is 6.53. The van der Waals surface area contributed by atoms with Crippen LogP contribution in [0.25, 0.3) is 0 Å². The monoisotopic (exact) mass is 667 g/mol. The predicted octanol–water partition coefficient (Wildman–Crippen LogP) is 6.83. The normalized spacial score (nSPS) is 23.8. The van der Waals surface area contributed by atoms with Crippen molar-refractivity contribution in [1.29, 1.82) is 0 Å². The molecule has 0 aromatic heterocycles. The van der Waals surface area contributed by atoms with Gasteiger partial charge >= 0.3 is 0 Å². The van der Waals surface area contributed by atoms with E-state index in [0.717, 1.165) is 31.1 Å². The molecule has 2 atom stereocenters. The summed E-state index contributed by atoms with van der Waals surface area (Å²) in [6, 6.07) is 12.3. The molecule has 0 saturated heterocycles. The number of halogens is 2. The lowest BCUT2D eigenvalue weighted by Gasteiger charge is -2.47. The van der Waals surface area contributed by atoms with Gasteiger partial charge in [0.1, 0.15) is 17.7 Å². The molecule has 1 aliphatic carbocycles. The molecule has 2 aromatic carbocycles.